The summed E-state index contributed by atoms with van der Waals surface area (Å²) in [4.78, 5) is 12.4. The predicted octanol–water partition coefficient (Wildman–Crippen LogP) is 4.21. The van der Waals surface area contributed by atoms with Gasteiger partial charge in [-0.3, -0.25) is 0 Å². The van der Waals surface area contributed by atoms with Crippen LogP contribution in [0.2, 0.25) is 9.36 Å². The van der Waals surface area contributed by atoms with Crippen molar-refractivity contribution in [3.8, 4) is 0 Å². The number of thiophene rings is 1. The van der Waals surface area contributed by atoms with Crippen molar-refractivity contribution in [3.63, 3.8) is 0 Å². The topological polar surface area (TPSA) is 53.5 Å². The van der Waals surface area contributed by atoms with Gasteiger partial charge in [-0.15, -0.1) is 11.3 Å². The van der Waals surface area contributed by atoms with Crippen LogP contribution in [0.3, 0.4) is 0 Å². The summed E-state index contributed by atoms with van der Waals surface area (Å²) in [6, 6.07) is 9.93. The van der Waals surface area contributed by atoms with Crippen LogP contribution in [0.4, 0.5) is 10.5 Å². The SMILES string of the molecule is O=C(N/N=C/c1ccc(Cl)s1)Nc1ccc(Cl)cc1. The maximum atomic E-state index is 11.5. The lowest BCUT2D eigenvalue weighted by Crippen LogP contribution is -2.24. The minimum Gasteiger partial charge on any atom is -0.307 e. The first-order chi connectivity index (χ1) is 9.13. The average Bonchev–Trinajstić information content (AvgIpc) is 2.78. The van der Waals surface area contributed by atoms with Crippen molar-refractivity contribution in [2.75, 3.05) is 5.32 Å². The van der Waals surface area contributed by atoms with Crippen LogP contribution in [0.1, 0.15) is 4.88 Å². The van der Waals surface area contributed by atoms with Crippen molar-refractivity contribution in [2.45, 2.75) is 0 Å². The molecule has 0 saturated carbocycles. The lowest BCUT2D eigenvalue weighted by molar-refractivity contribution is 0.252. The van der Waals surface area contributed by atoms with Crippen molar-refractivity contribution in [1.82, 2.24) is 5.43 Å². The van der Waals surface area contributed by atoms with Gasteiger partial charge in [-0.1, -0.05) is 23.2 Å². The summed E-state index contributed by atoms with van der Waals surface area (Å²) < 4.78 is 0.673. The molecule has 98 valence electrons. The summed E-state index contributed by atoms with van der Waals surface area (Å²) in [5, 5.41) is 7.03. The quantitative estimate of drug-likeness (QED) is 0.647. The van der Waals surface area contributed by atoms with Crippen LogP contribution in [0.15, 0.2) is 41.5 Å². The van der Waals surface area contributed by atoms with Gasteiger partial charge in [-0.2, -0.15) is 5.10 Å². The molecule has 0 saturated heterocycles. The standard InChI is InChI=1S/C12H9Cl2N3OS/c13-8-1-3-9(4-2-8)16-12(18)17-15-7-10-5-6-11(14)19-10/h1-7H,(H2,16,17,18)/b15-7+. The number of anilines is 1. The Morgan fingerprint density at radius 2 is 1.89 bits per heavy atom. The largest absolute Gasteiger partial charge is 0.339 e. The number of amides is 2. The van der Waals surface area contributed by atoms with Gasteiger partial charge in [0.2, 0.25) is 0 Å². The Balaban J connectivity index is 1.84. The van der Waals surface area contributed by atoms with E-state index in [1.54, 1.807) is 30.3 Å². The fraction of sp³-hybridized carbons (Fsp3) is 0. The van der Waals surface area contributed by atoms with Gasteiger partial charge in [0.15, 0.2) is 0 Å². The molecule has 2 aromatic rings. The second kappa shape index (κ2) is 6.56. The molecular formula is C12H9Cl2N3OS. The molecule has 1 aromatic heterocycles. The minimum absolute atomic E-state index is 0.429. The summed E-state index contributed by atoms with van der Waals surface area (Å²) in [6.07, 6.45) is 1.53. The van der Waals surface area contributed by atoms with Gasteiger partial charge in [0.25, 0.3) is 0 Å². The Hall–Kier alpha value is -1.56. The van der Waals surface area contributed by atoms with Crippen molar-refractivity contribution < 1.29 is 4.79 Å². The molecule has 0 fully saturated rings. The second-order valence-electron chi connectivity index (χ2n) is 3.47. The zero-order valence-electron chi connectivity index (χ0n) is 9.56. The van der Waals surface area contributed by atoms with E-state index in [4.69, 9.17) is 23.2 Å². The third kappa shape index (κ3) is 4.55. The lowest BCUT2D eigenvalue weighted by atomic mass is 10.3. The van der Waals surface area contributed by atoms with Gasteiger partial charge in [-0.25, -0.2) is 10.2 Å². The number of urea groups is 1. The van der Waals surface area contributed by atoms with E-state index in [0.29, 0.717) is 15.0 Å². The average molecular weight is 314 g/mol. The smallest absolute Gasteiger partial charge is 0.307 e. The molecule has 1 heterocycles. The molecule has 2 N–H and O–H groups in total. The first-order valence-corrected chi connectivity index (χ1v) is 6.82. The highest BCUT2D eigenvalue weighted by atomic mass is 35.5. The number of benzene rings is 1. The molecule has 1 aromatic carbocycles. The molecule has 2 amide bonds. The molecule has 2 rings (SSSR count). The summed E-state index contributed by atoms with van der Waals surface area (Å²) in [6.45, 7) is 0. The zero-order valence-corrected chi connectivity index (χ0v) is 11.9. The van der Waals surface area contributed by atoms with Crippen LogP contribution in [-0.4, -0.2) is 12.2 Å². The van der Waals surface area contributed by atoms with Crippen molar-refractivity contribution in [2.24, 2.45) is 5.10 Å². The third-order valence-electron chi connectivity index (χ3n) is 2.05. The van der Waals surface area contributed by atoms with Crippen LogP contribution in [0, 0.1) is 0 Å². The molecule has 7 heteroatoms. The van der Waals surface area contributed by atoms with Crippen LogP contribution < -0.4 is 10.7 Å². The molecule has 0 aliphatic heterocycles. The Bertz CT molecular complexity index is 595. The first-order valence-electron chi connectivity index (χ1n) is 5.24. The normalized spacial score (nSPS) is 10.6. The maximum Gasteiger partial charge on any atom is 0.339 e. The van der Waals surface area contributed by atoms with E-state index in [1.807, 2.05) is 6.07 Å². The molecule has 0 unspecified atom stereocenters. The fourth-order valence-corrected chi connectivity index (χ4v) is 2.30. The van der Waals surface area contributed by atoms with E-state index in [0.717, 1.165) is 4.88 Å². The second-order valence-corrected chi connectivity index (χ2v) is 5.66. The Morgan fingerprint density at radius 3 is 2.53 bits per heavy atom. The third-order valence-corrected chi connectivity index (χ3v) is 3.47. The van der Waals surface area contributed by atoms with E-state index >= 15 is 0 Å². The Morgan fingerprint density at radius 1 is 1.16 bits per heavy atom. The molecule has 4 nitrogen and oxygen atoms in total. The number of hydrogen-bond acceptors (Lipinski definition) is 3. The molecule has 0 aliphatic rings. The number of carbonyl (C=O) groups excluding carboxylic acids is 1. The number of carbonyl (C=O) groups is 1. The number of hydrogen-bond donors (Lipinski definition) is 2. The summed E-state index contributed by atoms with van der Waals surface area (Å²) in [5.41, 5.74) is 2.99. The molecule has 0 spiro atoms. The van der Waals surface area contributed by atoms with Crippen LogP contribution >= 0.6 is 34.5 Å². The fourth-order valence-electron chi connectivity index (χ4n) is 1.24. The highest BCUT2D eigenvalue weighted by molar-refractivity contribution is 7.17. The van der Waals surface area contributed by atoms with Crippen molar-refractivity contribution >= 4 is 52.5 Å². The molecular weight excluding hydrogens is 305 g/mol. The number of rotatable bonds is 3. The summed E-state index contributed by atoms with van der Waals surface area (Å²) in [7, 11) is 0. The van der Waals surface area contributed by atoms with E-state index in [2.05, 4.69) is 15.8 Å². The zero-order chi connectivity index (χ0) is 13.7. The number of nitrogens with zero attached hydrogens (tertiary/aromatic N) is 1. The molecule has 0 atom stereocenters. The molecule has 0 bridgehead atoms. The van der Waals surface area contributed by atoms with Crippen LogP contribution in [0.25, 0.3) is 0 Å². The van der Waals surface area contributed by atoms with Gasteiger partial charge >= 0.3 is 6.03 Å². The summed E-state index contributed by atoms with van der Waals surface area (Å²) in [5.74, 6) is 0. The first kappa shape index (κ1) is 13.9. The van der Waals surface area contributed by atoms with E-state index in [1.165, 1.54) is 17.6 Å². The van der Waals surface area contributed by atoms with Gasteiger partial charge in [-0.05, 0) is 36.4 Å². The lowest BCUT2D eigenvalue weighted by Gasteiger charge is -2.03. The predicted molar refractivity (Wildman–Crippen MR) is 80.5 cm³/mol. The maximum absolute atomic E-state index is 11.5. The Labute approximate surface area is 124 Å². The van der Waals surface area contributed by atoms with Crippen molar-refractivity contribution in [1.29, 1.82) is 0 Å². The van der Waals surface area contributed by atoms with Gasteiger partial charge in [0, 0.05) is 15.6 Å². The van der Waals surface area contributed by atoms with Crippen molar-refractivity contribution in [3.05, 3.63) is 50.6 Å². The highest BCUT2D eigenvalue weighted by Crippen LogP contribution is 2.19. The molecule has 19 heavy (non-hydrogen) atoms. The number of nitrogens with one attached hydrogen (secondary N) is 2. The Kier molecular flexibility index (Phi) is 4.79. The van der Waals surface area contributed by atoms with Crippen LogP contribution in [-0.2, 0) is 0 Å². The minimum atomic E-state index is -0.429. The van der Waals surface area contributed by atoms with E-state index < -0.39 is 6.03 Å². The molecule has 0 radical (unpaired) electrons. The van der Waals surface area contributed by atoms with E-state index in [-0.39, 0.29) is 0 Å². The molecule has 0 aliphatic carbocycles. The number of hydrazone groups is 1. The monoisotopic (exact) mass is 313 g/mol. The van der Waals surface area contributed by atoms with Crippen LogP contribution in [0.5, 0.6) is 0 Å². The van der Waals surface area contributed by atoms with Gasteiger partial charge < -0.3 is 5.32 Å². The van der Waals surface area contributed by atoms with Gasteiger partial charge in [0.05, 0.1) is 10.6 Å². The number of halogens is 2. The summed E-state index contributed by atoms with van der Waals surface area (Å²) >= 11 is 12.9. The van der Waals surface area contributed by atoms with E-state index in [9.17, 15) is 4.79 Å². The highest BCUT2D eigenvalue weighted by Gasteiger charge is 1.99. The van der Waals surface area contributed by atoms with Gasteiger partial charge in [0.1, 0.15) is 0 Å².